The summed E-state index contributed by atoms with van der Waals surface area (Å²) in [5.41, 5.74) is 3.78. The normalized spacial score (nSPS) is 10.9. The van der Waals surface area contributed by atoms with Gasteiger partial charge in [0.25, 0.3) is 0 Å². The number of carbonyl (C=O) groups is 1. The number of thiazole rings is 1. The minimum Gasteiger partial charge on any atom is -0.496 e. The van der Waals surface area contributed by atoms with Gasteiger partial charge in [0, 0.05) is 16.9 Å². The van der Waals surface area contributed by atoms with Crippen LogP contribution < -0.4 is 9.64 Å². The number of nitrogens with zero attached hydrogens (tertiary/aromatic N) is 3. The highest BCUT2D eigenvalue weighted by molar-refractivity contribution is 9.10. The van der Waals surface area contributed by atoms with Gasteiger partial charge < -0.3 is 4.74 Å². The molecule has 0 aliphatic heterocycles. The van der Waals surface area contributed by atoms with Crippen LogP contribution in [0.5, 0.6) is 5.75 Å². The van der Waals surface area contributed by atoms with Gasteiger partial charge >= 0.3 is 0 Å². The molecule has 0 unspecified atom stereocenters. The summed E-state index contributed by atoms with van der Waals surface area (Å²) in [7, 11) is 1.65. The third kappa shape index (κ3) is 4.52. The summed E-state index contributed by atoms with van der Waals surface area (Å²) in [5.74, 6) is 0.803. The predicted molar refractivity (Wildman–Crippen MR) is 124 cm³/mol. The van der Waals surface area contributed by atoms with Gasteiger partial charge in [-0.05, 0) is 53.9 Å². The Kier molecular flexibility index (Phi) is 6.11. The largest absolute Gasteiger partial charge is 0.496 e. The minimum atomic E-state index is -0.0125. The molecular weight excluding hydrogens is 462 g/mol. The van der Waals surface area contributed by atoms with Crippen molar-refractivity contribution in [1.82, 2.24) is 9.97 Å². The Hall–Kier alpha value is -2.77. The maximum Gasteiger partial charge on any atom is 0.233 e. The predicted octanol–water partition coefficient (Wildman–Crippen LogP) is 5.55. The lowest BCUT2D eigenvalue weighted by molar-refractivity contribution is -0.118. The number of rotatable bonds is 6. The van der Waals surface area contributed by atoms with Gasteiger partial charge in [0.2, 0.25) is 5.91 Å². The van der Waals surface area contributed by atoms with E-state index in [1.54, 1.807) is 24.4 Å². The summed E-state index contributed by atoms with van der Waals surface area (Å²) in [4.78, 5) is 24.0. The molecule has 5 nitrogen and oxygen atoms in total. The van der Waals surface area contributed by atoms with E-state index in [9.17, 15) is 4.79 Å². The summed E-state index contributed by atoms with van der Waals surface area (Å²) in [6.07, 6.45) is 3.79. The zero-order chi connectivity index (χ0) is 21.1. The van der Waals surface area contributed by atoms with E-state index in [1.165, 1.54) is 11.3 Å². The first-order valence-corrected chi connectivity index (χ1v) is 11.0. The van der Waals surface area contributed by atoms with Gasteiger partial charge in [-0.25, -0.2) is 4.98 Å². The number of aromatic nitrogens is 2. The van der Waals surface area contributed by atoms with E-state index in [-0.39, 0.29) is 12.3 Å². The topological polar surface area (TPSA) is 55.3 Å². The fourth-order valence-electron chi connectivity index (χ4n) is 3.26. The van der Waals surface area contributed by atoms with Crippen molar-refractivity contribution in [3.8, 4) is 5.75 Å². The second kappa shape index (κ2) is 8.93. The van der Waals surface area contributed by atoms with Crippen LogP contribution in [0.25, 0.3) is 10.2 Å². The molecule has 0 atom stereocenters. The van der Waals surface area contributed by atoms with E-state index in [1.807, 2.05) is 55.5 Å². The van der Waals surface area contributed by atoms with Gasteiger partial charge in [-0.1, -0.05) is 45.5 Å². The molecular formula is C23H20BrN3O2S. The number of carbonyl (C=O) groups excluding carboxylic acids is 1. The Morgan fingerprint density at radius 1 is 1.17 bits per heavy atom. The number of pyridine rings is 1. The number of aryl methyl sites for hydroxylation is 1. The van der Waals surface area contributed by atoms with Crippen LogP contribution in [-0.4, -0.2) is 23.0 Å². The molecule has 1 amide bonds. The number of fused-ring (bicyclic) bond motifs is 1. The van der Waals surface area contributed by atoms with Crippen molar-refractivity contribution < 1.29 is 9.53 Å². The van der Waals surface area contributed by atoms with Crippen LogP contribution in [0.4, 0.5) is 5.13 Å². The number of anilines is 1. The lowest BCUT2D eigenvalue weighted by Gasteiger charge is -2.20. The van der Waals surface area contributed by atoms with Gasteiger partial charge in [0.15, 0.2) is 5.13 Å². The van der Waals surface area contributed by atoms with Crippen molar-refractivity contribution in [3.05, 3.63) is 82.1 Å². The molecule has 0 bridgehead atoms. The number of benzene rings is 2. The average molecular weight is 482 g/mol. The Morgan fingerprint density at radius 2 is 2.03 bits per heavy atom. The second-order valence-electron chi connectivity index (χ2n) is 6.93. The summed E-state index contributed by atoms with van der Waals surface area (Å²) in [6, 6.07) is 15.6. The van der Waals surface area contributed by atoms with Gasteiger partial charge in [-0.15, -0.1) is 0 Å². The van der Waals surface area contributed by atoms with Crippen LogP contribution in [0.15, 0.2) is 65.4 Å². The zero-order valence-corrected chi connectivity index (χ0v) is 19.0. The molecule has 152 valence electrons. The summed E-state index contributed by atoms with van der Waals surface area (Å²) in [5, 5.41) is 0.683. The maximum absolute atomic E-state index is 13.4. The monoisotopic (exact) mass is 481 g/mol. The van der Waals surface area contributed by atoms with E-state index in [0.29, 0.717) is 11.7 Å². The molecule has 2 aromatic carbocycles. The Balaban J connectivity index is 1.66. The average Bonchev–Trinajstić information content (AvgIpc) is 3.15. The Morgan fingerprint density at radius 3 is 2.77 bits per heavy atom. The van der Waals surface area contributed by atoms with Crippen LogP contribution in [-0.2, 0) is 17.8 Å². The fraction of sp³-hybridized carbons (Fsp3) is 0.174. The smallest absolute Gasteiger partial charge is 0.233 e. The lowest BCUT2D eigenvalue weighted by atomic mass is 10.1. The molecule has 30 heavy (non-hydrogen) atoms. The number of halogens is 1. The third-order valence-electron chi connectivity index (χ3n) is 4.75. The van der Waals surface area contributed by atoms with E-state index in [2.05, 4.69) is 20.9 Å². The highest BCUT2D eigenvalue weighted by atomic mass is 79.9. The quantitative estimate of drug-likeness (QED) is 0.362. The number of hydrogen-bond donors (Lipinski definition) is 0. The van der Waals surface area contributed by atoms with Crippen molar-refractivity contribution in [2.24, 2.45) is 0 Å². The zero-order valence-electron chi connectivity index (χ0n) is 16.6. The highest BCUT2D eigenvalue weighted by Crippen LogP contribution is 2.32. The molecule has 4 rings (SSSR count). The first-order valence-electron chi connectivity index (χ1n) is 9.42. The molecule has 2 heterocycles. The Bertz CT molecular complexity index is 1190. The van der Waals surface area contributed by atoms with Crippen LogP contribution >= 0.6 is 27.3 Å². The maximum atomic E-state index is 13.4. The SMILES string of the molecule is COc1ccc(CC(=O)N(Cc2cccnc2)c2nc3ccc(Br)cc3s2)cc1C. The number of methoxy groups -OCH3 is 1. The number of hydrogen-bond acceptors (Lipinski definition) is 5. The first-order chi connectivity index (χ1) is 14.5. The molecule has 0 spiro atoms. The summed E-state index contributed by atoms with van der Waals surface area (Å²) in [6.45, 7) is 2.40. The number of ether oxygens (including phenoxy) is 1. The van der Waals surface area contributed by atoms with Crippen LogP contribution in [0.3, 0.4) is 0 Å². The van der Waals surface area contributed by atoms with E-state index >= 15 is 0 Å². The molecule has 0 radical (unpaired) electrons. The molecule has 0 saturated heterocycles. The molecule has 0 fully saturated rings. The fourth-order valence-corrected chi connectivity index (χ4v) is 4.79. The van der Waals surface area contributed by atoms with E-state index < -0.39 is 0 Å². The van der Waals surface area contributed by atoms with Crippen molar-refractivity contribution in [1.29, 1.82) is 0 Å². The molecule has 0 aliphatic carbocycles. The molecule has 0 N–H and O–H groups in total. The Labute approximate surface area is 187 Å². The van der Waals surface area contributed by atoms with Gasteiger partial charge in [0.1, 0.15) is 5.75 Å². The van der Waals surface area contributed by atoms with Crippen LogP contribution in [0.1, 0.15) is 16.7 Å². The first kappa shape index (κ1) is 20.5. The van der Waals surface area contributed by atoms with Gasteiger partial charge in [-0.3, -0.25) is 14.7 Å². The molecule has 0 saturated carbocycles. The van der Waals surface area contributed by atoms with Crippen LogP contribution in [0.2, 0.25) is 0 Å². The number of amides is 1. The van der Waals surface area contributed by atoms with Crippen molar-refractivity contribution in [2.75, 3.05) is 12.0 Å². The van der Waals surface area contributed by atoms with Gasteiger partial charge in [0.05, 0.1) is 30.3 Å². The highest BCUT2D eigenvalue weighted by Gasteiger charge is 2.21. The van der Waals surface area contributed by atoms with E-state index in [4.69, 9.17) is 9.72 Å². The molecule has 0 aliphatic rings. The standard InChI is InChI=1S/C23H20BrN3O2S/c1-15-10-16(5-8-20(15)29-2)11-22(28)27(14-17-4-3-9-25-13-17)23-26-19-7-6-18(24)12-21(19)30-23/h3-10,12-13H,11,14H2,1-2H3. The van der Waals surface area contributed by atoms with Crippen molar-refractivity contribution in [3.63, 3.8) is 0 Å². The molecule has 7 heteroatoms. The third-order valence-corrected chi connectivity index (χ3v) is 6.28. The molecule has 4 aromatic rings. The van der Waals surface area contributed by atoms with Gasteiger partial charge in [-0.2, -0.15) is 0 Å². The minimum absolute atomic E-state index is 0.0125. The lowest BCUT2D eigenvalue weighted by Crippen LogP contribution is -2.31. The summed E-state index contributed by atoms with van der Waals surface area (Å²) < 4.78 is 7.35. The van der Waals surface area contributed by atoms with Crippen molar-refractivity contribution in [2.45, 2.75) is 19.9 Å². The van der Waals surface area contributed by atoms with Crippen LogP contribution in [0, 0.1) is 6.92 Å². The van der Waals surface area contributed by atoms with Crippen molar-refractivity contribution >= 4 is 48.5 Å². The van der Waals surface area contributed by atoms with E-state index in [0.717, 1.165) is 37.1 Å². The second-order valence-corrected chi connectivity index (χ2v) is 8.86. The molecule has 2 aromatic heterocycles. The summed E-state index contributed by atoms with van der Waals surface area (Å²) >= 11 is 5.01.